The highest BCUT2D eigenvalue weighted by Gasteiger charge is 2.13. The molecule has 2 atom stereocenters. The molecule has 2 unspecified atom stereocenters. The Balaban J connectivity index is 2.23. The fourth-order valence-corrected chi connectivity index (χ4v) is 1.35. The molecule has 0 spiro atoms. The second-order valence-corrected chi connectivity index (χ2v) is 4.29. The first kappa shape index (κ1) is 14.0. The van der Waals surface area contributed by atoms with E-state index in [-0.39, 0.29) is 5.92 Å². The Morgan fingerprint density at radius 1 is 1.65 bits per heavy atom. The van der Waals surface area contributed by atoms with E-state index < -0.39 is 12.5 Å². The number of hydrogen-bond donors (Lipinski definition) is 3. The number of rotatable bonds is 6. The van der Waals surface area contributed by atoms with Crippen molar-refractivity contribution in [2.45, 2.75) is 32.8 Å². The lowest BCUT2D eigenvalue weighted by atomic mass is 10.0. The molecule has 3 N–H and O–H groups in total. The number of aliphatic hydroxyl groups excluding tert-OH is 1. The van der Waals surface area contributed by atoms with Crippen LogP contribution in [0.2, 0.25) is 0 Å². The number of aliphatic imine (C=N–C) groups is 1. The van der Waals surface area contributed by atoms with E-state index in [0.717, 1.165) is 0 Å². The number of alkyl halides is 1. The number of nitrogens with zero attached hydrogens (tertiary/aromatic N) is 1. The Morgan fingerprint density at radius 2 is 2.41 bits per heavy atom. The summed E-state index contributed by atoms with van der Waals surface area (Å²) in [5, 5.41) is 9.39. The molecule has 0 aliphatic heterocycles. The third-order valence-electron chi connectivity index (χ3n) is 2.24. The first-order chi connectivity index (χ1) is 8.09. The van der Waals surface area contributed by atoms with Crippen LogP contribution in [0.1, 0.15) is 20.3 Å². The molecule has 5 heteroatoms. The van der Waals surface area contributed by atoms with Crippen LogP contribution in [0.4, 0.5) is 4.39 Å². The van der Waals surface area contributed by atoms with Crippen molar-refractivity contribution in [3.63, 3.8) is 0 Å². The van der Waals surface area contributed by atoms with Gasteiger partial charge in [0.2, 0.25) is 6.35 Å². The molecule has 0 aromatic carbocycles. The van der Waals surface area contributed by atoms with Gasteiger partial charge in [0, 0.05) is 19.2 Å². The molecule has 0 bridgehead atoms. The highest BCUT2D eigenvalue weighted by atomic mass is 19.1. The number of hydrazine groups is 1. The maximum absolute atomic E-state index is 13.3. The normalized spacial score (nSPS) is 22.2. The van der Waals surface area contributed by atoms with E-state index in [1.54, 1.807) is 18.4 Å². The minimum atomic E-state index is -1.00. The van der Waals surface area contributed by atoms with Crippen molar-refractivity contribution in [3.05, 3.63) is 23.8 Å². The van der Waals surface area contributed by atoms with Crippen LogP contribution < -0.4 is 10.9 Å². The van der Waals surface area contributed by atoms with Gasteiger partial charge in [0.25, 0.3) is 0 Å². The van der Waals surface area contributed by atoms with Gasteiger partial charge in [0.1, 0.15) is 6.17 Å². The number of hydrogen-bond acceptors (Lipinski definition) is 4. The molecule has 17 heavy (non-hydrogen) atoms. The van der Waals surface area contributed by atoms with Gasteiger partial charge >= 0.3 is 0 Å². The topological polar surface area (TPSA) is 56.7 Å². The van der Waals surface area contributed by atoms with Gasteiger partial charge < -0.3 is 5.11 Å². The van der Waals surface area contributed by atoms with Gasteiger partial charge in [-0.05, 0) is 11.5 Å². The Bertz CT molecular complexity index is 313. The lowest BCUT2D eigenvalue weighted by molar-refractivity contribution is 0.129. The van der Waals surface area contributed by atoms with Gasteiger partial charge in [0.05, 0.1) is 0 Å². The molecule has 0 amide bonds. The van der Waals surface area contributed by atoms with Crippen molar-refractivity contribution in [3.8, 4) is 0 Å². The molecule has 1 aliphatic rings. The van der Waals surface area contributed by atoms with Crippen LogP contribution in [0.15, 0.2) is 28.8 Å². The number of nitrogens with one attached hydrogen (secondary N) is 2. The molecule has 0 aromatic rings. The van der Waals surface area contributed by atoms with E-state index in [2.05, 4.69) is 15.8 Å². The zero-order valence-electron chi connectivity index (χ0n) is 10.2. The van der Waals surface area contributed by atoms with Gasteiger partial charge in [-0.2, -0.15) is 0 Å². The van der Waals surface area contributed by atoms with E-state index in [9.17, 15) is 9.50 Å². The lowest BCUT2D eigenvalue weighted by Gasteiger charge is -2.16. The van der Waals surface area contributed by atoms with Crippen LogP contribution in [-0.2, 0) is 0 Å². The average molecular weight is 241 g/mol. The molecule has 0 fully saturated rings. The SMILES string of the molecule is CC(C)C=NC(O)NNCC1=CC=CCC1F. The summed E-state index contributed by atoms with van der Waals surface area (Å²) < 4.78 is 13.3. The second-order valence-electron chi connectivity index (χ2n) is 4.29. The van der Waals surface area contributed by atoms with Gasteiger partial charge in [-0.3, -0.25) is 4.99 Å². The minimum Gasteiger partial charge on any atom is -0.359 e. The van der Waals surface area contributed by atoms with Crippen LogP contribution in [0.25, 0.3) is 0 Å². The molecule has 4 nitrogen and oxygen atoms in total. The second kappa shape index (κ2) is 7.32. The highest BCUT2D eigenvalue weighted by Crippen LogP contribution is 2.15. The standard InChI is InChI=1S/C12H20FN3O/c1-9(2)7-14-12(17)16-15-8-10-5-3-4-6-11(10)13/h3-5,7,9,11-12,15-17H,6,8H2,1-2H3. The molecule has 0 radical (unpaired) electrons. The number of aliphatic hydroxyl groups is 1. The first-order valence-electron chi connectivity index (χ1n) is 5.79. The predicted octanol–water partition coefficient (Wildman–Crippen LogP) is 1.31. The van der Waals surface area contributed by atoms with E-state index in [1.165, 1.54) is 0 Å². The molecule has 0 aromatic heterocycles. The molecule has 1 rings (SSSR count). The monoisotopic (exact) mass is 241 g/mol. The van der Waals surface area contributed by atoms with Crippen molar-refractivity contribution in [1.82, 2.24) is 10.9 Å². The Hall–Kier alpha value is -1.04. The largest absolute Gasteiger partial charge is 0.359 e. The van der Waals surface area contributed by atoms with Crippen LogP contribution in [-0.4, -0.2) is 30.4 Å². The average Bonchev–Trinajstić information content (AvgIpc) is 2.29. The zero-order chi connectivity index (χ0) is 12.7. The number of halogens is 1. The van der Waals surface area contributed by atoms with Crippen LogP contribution in [0.5, 0.6) is 0 Å². The Morgan fingerprint density at radius 3 is 3.06 bits per heavy atom. The van der Waals surface area contributed by atoms with E-state index in [4.69, 9.17) is 0 Å². The Kier molecular flexibility index (Phi) is 6.04. The molecular formula is C12H20FN3O. The first-order valence-corrected chi connectivity index (χ1v) is 5.79. The smallest absolute Gasteiger partial charge is 0.214 e. The van der Waals surface area contributed by atoms with Crippen LogP contribution >= 0.6 is 0 Å². The molecule has 0 saturated heterocycles. The van der Waals surface area contributed by atoms with Crippen molar-refractivity contribution >= 4 is 6.21 Å². The third kappa shape index (κ3) is 5.72. The fraction of sp³-hybridized carbons (Fsp3) is 0.583. The highest BCUT2D eigenvalue weighted by molar-refractivity contribution is 5.59. The zero-order valence-corrected chi connectivity index (χ0v) is 10.2. The van der Waals surface area contributed by atoms with Gasteiger partial charge in [-0.25, -0.2) is 15.2 Å². The maximum Gasteiger partial charge on any atom is 0.214 e. The summed E-state index contributed by atoms with van der Waals surface area (Å²) in [6.45, 7) is 4.28. The van der Waals surface area contributed by atoms with E-state index in [0.29, 0.717) is 18.5 Å². The molecular weight excluding hydrogens is 221 g/mol. The van der Waals surface area contributed by atoms with Gasteiger partial charge in [0.15, 0.2) is 0 Å². The van der Waals surface area contributed by atoms with Crippen molar-refractivity contribution in [2.24, 2.45) is 10.9 Å². The summed E-state index contributed by atoms with van der Waals surface area (Å²) in [6.07, 6.45) is 5.50. The summed E-state index contributed by atoms with van der Waals surface area (Å²) in [7, 11) is 0. The van der Waals surface area contributed by atoms with E-state index in [1.807, 2.05) is 19.9 Å². The molecule has 96 valence electrons. The van der Waals surface area contributed by atoms with Crippen molar-refractivity contribution in [2.75, 3.05) is 6.54 Å². The molecule has 0 saturated carbocycles. The summed E-state index contributed by atoms with van der Waals surface area (Å²) in [6, 6.07) is 0. The van der Waals surface area contributed by atoms with Gasteiger partial charge in [-0.15, -0.1) is 0 Å². The summed E-state index contributed by atoms with van der Waals surface area (Å²) >= 11 is 0. The molecule has 0 heterocycles. The van der Waals surface area contributed by atoms with Gasteiger partial charge in [-0.1, -0.05) is 32.1 Å². The minimum absolute atomic E-state index is 0.285. The van der Waals surface area contributed by atoms with Crippen LogP contribution in [0, 0.1) is 5.92 Å². The van der Waals surface area contributed by atoms with Crippen molar-refractivity contribution in [1.29, 1.82) is 0 Å². The molecule has 1 aliphatic carbocycles. The van der Waals surface area contributed by atoms with Crippen LogP contribution in [0.3, 0.4) is 0 Å². The third-order valence-corrected chi connectivity index (χ3v) is 2.24. The number of allylic oxidation sites excluding steroid dienone is 3. The quantitative estimate of drug-likeness (QED) is 0.373. The van der Waals surface area contributed by atoms with E-state index >= 15 is 0 Å². The van der Waals surface area contributed by atoms with Crippen molar-refractivity contribution < 1.29 is 9.50 Å². The maximum atomic E-state index is 13.3. The fourth-order valence-electron chi connectivity index (χ4n) is 1.35. The summed E-state index contributed by atoms with van der Waals surface area (Å²) in [5.74, 6) is 0.285. The predicted molar refractivity (Wildman–Crippen MR) is 67.2 cm³/mol. The summed E-state index contributed by atoms with van der Waals surface area (Å²) in [5.41, 5.74) is 6.00. The summed E-state index contributed by atoms with van der Waals surface area (Å²) in [4.78, 5) is 3.86. The Labute approximate surface area is 101 Å². The lowest BCUT2D eigenvalue weighted by Crippen LogP contribution is -2.41.